The number of halogens is 2. The van der Waals surface area contributed by atoms with Crippen LogP contribution in [-0.2, 0) is 6.54 Å². The third-order valence-corrected chi connectivity index (χ3v) is 6.90. The van der Waals surface area contributed by atoms with E-state index in [0.717, 1.165) is 33.7 Å². The Morgan fingerprint density at radius 1 is 1.08 bits per heavy atom. The fourth-order valence-corrected chi connectivity index (χ4v) is 4.96. The maximum absolute atomic E-state index is 13.5. The van der Waals surface area contributed by atoms with Crippen LogP contribution in [0, 0.1) is 0 Å². The third-order valence-electron chi connectivity index (χ3n) is 6.36. The number of hydrogen-bond donors (Lipinski definition) is 2. The number of carbonyl (C=O) groups excluding carboxylic acids is 1. The van der Waals surface area contributed by atoms with E-state index < -0.39 is 0 Å². The van der Waals surface area contributed by atoms with Crippen LogP contribution in [0.5, 0.6) is 5.75 Å². The molecule has 0 bridgehead atoms. The zero-order valence-electron chi connectivity index (χ0n) is 20.5. The number of methoxy groups -OCH3 is 1. The maximum Gasteiger partial charge on any atom is 0.272 e. The highest BCUT2D eigenvalue weighted by molar-refractivity contribution is 6.35. The molecule has 1 aromatic heterocycles. The highest BCUT2D eigenvalue weighted by Crippen LogP contribution is 2.33. The van der Waals surface area contributed by atoms with Crippen molar-refractivity contribution in [2.24, 2.45) is 0 Å². The van der Waals surface area contributed by atoms with E-state index in [2.05, 4.69) is 16.7 Å². The van der Waals surface area contributed by atoms with Gasteiger partial charge >= 0.3 is 0 Å². The fraction of sp³-hybridized carbons (Fsp3) is 0.172. The second kappa shape index (κ2) is 10.8. The molecule has 2 heterocycles. The molecule has 0 unspecified atom stereocenters. The molecule has 0 spiro atoms. The Morgan fingerprint density at radius 3 is 2.54 bits per heavy atom. The lowest BCUT2D eigenvalue weighted by molar-refractivity contribution is 0.0933. The average Bonchev–Trinajstić information content (AvgIpc) is 3.30. The molecule has 3 aromatic carbocycles. The van der Waals surface area contributed by atoms with Crippen LogP contribution in [0.1, 0.15) is 45.8 Å². The molecule has 0 radical (unpaired) electrons. The molecular formula is C29H26Cl2N4O2. The molecule has 8 heteroatoms. The van der Waals surface area contributed by atoms with E-state index in [4.69, 9.17) is 33.0 Å². The summed E-state index contributed by atoms with van der Waals surface area (Å²) in [6, 6.07) is 22.7. The molecule has 0 aliphatic carbocycles. The largest absolute Gasteiger partial charge is 0.497 e. The smallest absolute Gasteiger partial charge is 0.272 e. The van der Waals surface area contributed by atoms with Crippen molar-refractivity contribution in [2.45, 2.75) is 19.5 Å². The molecule has 1 atom stereocenters. The van der Waals surface area contributed by atoms with E-state index in [-0.39, 0.29) is 11.9 Å². The lowest BCUT2D eigenvalue weighted by Crippen LogP contribution is -2.30. The van der Waals surface area contributed by atoms with E-state index >= 15 is 0 Å². The molecule has 1 aliphatic heterocycles. The number of nitrogens with zero attached hydrogens (tertiary/aromatic N) is 2. The summed E-state index contributed by atoms with van der Waals surface area (Å²) in [4.78, 5) is 13.5. The van der Waals surface area contributed by atoms with Crippen LogP contribution >= 0.6 is 23.2 Å². The van der Waals surface area contributed by atoms with Crippen molar-refractivity contribution in [3.8, 4) is 11.4 Å². The first-order chi connectivity index (χ1) is 17.9. The van der Waals surface area contributed by atoms with Crippen molar-refractivity contribution in [2.75, 3.05) is 13.7 Å². The summed E-state index contributed by atoms with van der Waals surface area (Å²) in [6.07, 6.45) is 2.08. The number of amides is 1. The van der Waals surface area contributed by atoms with E-state index in [1.165, 1.54) is 0 Å². The van der Waals surface area contributed by atoms with Crippen LogP contribution in [0.3, 0.4) is 0 Å². The number of hydrogen-bond acceptors (Lipinski definition) is 4. The van der Waals surface area contributed by atoms with Crippen molar-refractivity contribution >= 4 is 40.8 Å². The minimum Gasteiger partial charge on any atom is -0.497 e. The molecular weight excluding hydrogens is 507 g/mol. The van der Waals surface area contributed by atoms with Crippen molar-refractivity contribution < 1.29 is 9.53 Å². The average molecular weight is 533 g/mol. The number of benzene rings is 3. The van der Waals surface area contributed by atoms with E-state index in [1.807, 2.05) is 67.6 Å². The topological polar surface area (TPSA) is 68.2 Å². The molecule has 0 saturated heterocycles. The number of carbonyl (C=O) groups is 1. The maximum atomic E-state index is 13.5. The van der Waals surface area contributed by atoms with Crippen molar-refractivity contribution in [1.82, 2.24) is 20.4 Å². The summed E-state index contributed by atoms with van der Waals surface area (Å²) in [7, 11) is 1.64. The van der Waals surface area contributed by atoms with Gasteiger partial charge in [0.2, 0.25) is 0 Å². The Morgan fingerprint density at radius 2 is 1.84 bits per heavy atom. The van der Waals surface area contributed by atoms with Gasteiger partial charge in [-0.3, -0.25) is 4.79 Å². The van der Waals surface area contributed by atoms with Crippen LogP contribution in [0.15, 0.2) is 72.8 Å². The minimum absolute atomic E-state index is 0.181. The van der Waals surface area contributed by atoms with Gasteiger partial charge in [0.25, 0.3) is 5.91 Å². The van der Waals surface area contributed by atoms with Gasteiger partial charge in [0.05, 0.1) is 29.6 Å². The van der Waals surface area contributed by atoms with Gasteiger partial charge in [0.1, 0.15) is 5.75 Å². The highest BCUT2D eigenvalue weighted by atomic mass is 35.5. The lowest BCUT2D eigenvalue weighted by Gasteiger charge is -2.20. The molecule has 0 fully saturated rings. The first-order valence-electron chi connectivity index (χ1n) is 11.9. The summed E-state index contributed by atoms with van der Waals surface area (Å²) in [5.74, 6) is 0.540. The number of nitrogens with one attached hydrogen (secondary N) is 2. The molecule has 0 saturated carbocycles. The standard InChI is InChI=1S/C29H26Cl2N4O2/c1-18(20-6-4-3-5-7-20)33-29(36)27-24-17-32-16-21(14-19-8-11-23(37-2)12-9-19)28(24)35(34-27)26-13-10-22(30)15-25(26)31/h3-15,18,32H,16-17H2,1-2H3,(H,33,36)/b21-14+/t18-/m1/s1. The summed E-state index contributed by atoms with van der Waals surface area (Å²) in [5, 5.41) is 12.3. The molecule has 5 rings (SSSR count). The summed E-state index contributed by atoms with van der Waals surface area (Å²) >= 11 is 12.8. The van der Waals surface area contributed by atoms with Crippen molar-refractivity contribution in [3.05, 3.63) is 111 Å². The molecule has 6 nitrogen and oxygen atoms in total. The van der Waals surface area contributed by atoms with Gasteiger partial charge in [-0.1, -0.05) is 65.7 Å². The Labute approximate surface area is 225 Å². The lowest BCUT2D eigenvalue weighted by atomic mass is 9.98. The Kier molecular flexibility index (Phi) is 7.33. The monoisotopic (exact) mass is 532 g/mol. The van der Waals surface area contributed by atoms with Crippen LogP contribution in [0.4, 0.5) is 0 Å². The second-order valence-corrected chi connectivity index (χ2v) is 9.68. The Balaban J connectivity index is 1.60. The highest BCUT2D eigenvalue weighted by Gasteiger charge is 2.29. The zero-order chi connectivity index (χ0) is 25.9. The van der Waals surface area contributed by atoms with Crippen LogP contribution < -0.4 is 15.4 Å². The van der Waals surface area contributed by atoms with Crippen molar-refractivity contribution in [3.63, 3.8) is 0 Å². The summed E-state index contributed by atoms with van der Waals surface area (Å²) in [5.41, 5.74) is 5.68. The molecule has 1 amide bonds. The van der Waals surface area contributed by atoms with Crippen molar-refractivity contribution in [1.29, 1.82) is 0 Å². The number of aromatic nitrogens is 2. The quantitative estimate of drug-likeness (QED) is 0.304. The van der Waals surface area contributed by atoms with Gasteiger partial charge in [-0.15, -0.1) is 0 Å². The van der Waals surface area contributed by atoms with Gasteiger partial charge in [-0.05, 0) is 60.0 Å². The first-order valence-corrected chi connectivity index (χ1v) is 12.7. The minimum atomic E-state index is -0.246. The SMILES string of the molecule is COc1ccc(/C=C2\CNCc3c(C(=O)N[C@H](C)c4ccccc4)nn(-c4ccc(Cl)cc4Cl)c32)cc1. The molecule has 188 valence electrons. The normalized spacial score (nSPS) is 14.8. The van der Waals surface area contributed by atoms with Crippen LogP contribution in [-0.4, -0.2) is 29.3 Å². The summed E-state index contributed by atoms with van der Waals surface area (Å²) < 4.78 is 7.05. The van der Waals surface area contributed by atoms with Gasteiger partial charge in [0, 0.05) is 23.7 Å². The first kappa shape index (κ1) is 25.1. The number of fused-ring (bicyclic) bond motifs is 1. The third kappa shape index (κ3) is 5.27. The van der Waals surface area contributed by atoms with Gasteiger partial charge < -0.3 is 15.4 Å². The van der Waals surface area contributed by atoms with Crippen LogP contribution in [0.2, 0.25) is 10.0 Å². The van der Waals surface area contributed by atoms with E-state index in [9.17, 15) is 4.79 Å². The molecule has 37 heavy (non-hydrogen) atoms. The van der Waals surface area contributed by atoms with Gasteiger partial charge in [-0.2, -0.15) is 5.10 Å². The second-order valence-electron chi connectivity index (χ2n) is 8.84. The van der Waals surface area contributed by atoms with Crippen LogP contribution in [0.25, 0.3) is 17.3 Å². The Bertz CT molecular complexity index is 1460. The predicted octanol–water partition coefficient (Wildman–Crippen LogP) is 6.32. The molecule has 1 aliphatic rings. The van der Waals surface area contributed by atoms with E-state index in [1.54, 1.807) is 23.9 Å². The fourth-order valence-electron chi connectivity index (χ4n) is 4.47. The summed E-state index contributed by atoms with van der Waals surface area (Å²) in [6.45, 7) is 3.07. The Hall–Kier alpha value is -3.58. The van der Waals surface area contributed by atoms with Gasteiger partial charge in [0.15, 0.2) is 5.69 Å². The van der Waals surface area contributed by atoms with Gasteiger partial charge in [-0.25, -0.2) is 4.68 Å². The number of ether oxygens (including phenoxy) is 1. The zero-order valence-corrected chi connectivity index (χ0v) is 22.0. The predicted molar refractivity (Wildman–Crippen MR) is 148 cm³/mol. The number of rotatable bonds is 6. The molecule has 4 aromatic rings. The van der Waals surface area contributed by atoms with E-state index in [0.29, 0.717) is 34.5 Å². The molecule has 2 N–H and O–H groups in total.